The van der Waals surface area contributed by atoms with E-state index in [9.17, 15) is 13.2 Å². The zero-order valence-corrected chi connectivity index (χ0v) is 19.1. The number of anilines is 4. The number of carbonyl (C=O) groups excluding carboxylic acids is 1. The number of nitrogens with zero attached hydrogens (tertiary/aromatic N) is 4. The van der Waals surface area contributed by atoms with Crippen molar-refractivity contribution in [3.05, 3.63) is 60.0 Å². The number of carbonyl (C=O) groups is 1. The highest BCUT2D eigenvalue weighted by Crippen LogP contribution is 2.25. The predicted molar refractivity (Wildman–Crippen MR) is 131 cm³/mol. The predicted octanol–water partition coefficient (Wildman–Crippen LogP) is -1.46. The van der Waals surface area contributed by atoms with E-state index in [4.69, 9.17) is 0 Å². The molecule has 10 nitrogen and oxygen atoms in total. The van der Waals surface area contributed by atoms with E-state index < -0.39 is 21.0 Å². The lowest BCUT2D eigenvalue weighted by Crippen LogP contribution is -2.50. The van der Waals surface area contributed by atoms with E-state index >= 15 is 0 Å². The first-order valence-corrected chi connectivity index (χ1v) is 11.8. The van der Waals surface area contributed by atoms with Gasteiger partial charge in [0.1, 0.15) is 35.2 Å². The smallest absolute Gasteiger partial charge is 0.272 e. The molecule has 0 radical (unpaired) electrons. The fourth-order valence-corrected chi connectivity index (χ4v) is 3.56. The maximum absolute atomic E-state index is 12.9. The second-order valence-electron chi connectivity index (χ2n) is 8.24. The molecule has 14 heteroatoms. The summed E-state index contributed by atoms with van der Waals surface area (Å²) in [7, 11) is 2.26. The second kappa shape index (κ2) is 9.39. The summed E-state index contributed by atoms with van der Waals surface area (Å²) in [5, 5.41) is 16.6. The van der Waals surface area contributed by atoms with Crippen molar-refractivity contribution in [1.29, 1.82) is 0 Å². The summed E-state index contributed by atoms with van der Waals surface area (Å²) in [6.45, 7) is 0. The third-order valence-corrected chi connectivity index (χ3v) is 4.82. The topological polar surface area (TPSA) is 139 Å². The molecule has 3 N–H and O–H groups in total. The molecule has 3 aromatic rings. The maximum atomic E-state index is 12.9. The van der Waals surface area contributed by atoms with Crippen molar-refractivity contribution in [2.75, 3.05) is 16.9 Å². The third kappa shape index (κ3) is 6.81. The molecular formula is C18H22B3N7O3S. The quantitative estimate of drug-likeness (QED) is 0.353. The summed E-state index contributed by atoms with van der Waals surface area (Å²) >= 11 is 0. The number of hydrogen-bond acceptors (Lipinski definition) is 9. The van der Waals surface area contributed by atoms with E-state index in [0.717, 1.165) is 6.26 Å². The van der Waals surface area contributed by atoms with Crippen LogP contribution in [0.2, 0.25) is 0 Å². The molecule has 0 fully saturated rings. The number of hydrogen-bond donors (Lipinski definition) is 3. The van der Waals surface area contributed by atoms with Gasteiger partial charge in [0.2, 0.25) is 0 Å². The van der Waals surface area contributed by atoms with E-state index in [1.807, 2.05) is 29.6 Å². The van der Waals surface area contributed by atoms with Crippen molar-refractivity contribution in [1.82, 2.24) is 25.5 Å². The largest absolute Gasteiger partial charge is 0.368 e. The molecule has 0 aliphatic rings. The second-order valence-corrected chi connectivity index (χ2v) is 10.4. The minimum absolute atomic E-state index is 0.0439. The Labute approximate surface area is 189 Å². The Morgan fingerprint density at radius 1 is 1.00 bits per heavy atom. The molecule has 0 bridgehead atoms. The van der Waals surface area contributed by atoms with Crippen LogP contribution < -0.4 is 16.0 Å². The first kappa shape index (κ1) is 23.3. The van der Waals surface area contributed by atoms with Gasteiger partial charge >= 0.3 is 0 Å². The van der Waals surface area contributed by atoms with Crippen molar-refractivity contribution in [2.24, 2.45) is 0 Å². The Morgan fingerprint density at radius 2 is 1.75 bits per heavy atom. The monoisotopic (exact) mass is 449 g/mol. The lowest BCUT2D eigenvalue weighted by Gasteiger charge is -2.21. The zero-order valence-electron chi connectivity index (χ0n) is 18.2. The van der Waals surface area contributed by atoms with Gasteiger partial charge in [0, 0.05) is 30.3 Å². The van der Waals surface area contributed by atoms with Crippen LogP contribution in [0, 0.1) is 0 Å². The zero-order chi connectivity index (χ0) is 23.4. The SMILES string of the molecule is BC(B)(B)NC(=O)c1nnc(Nc2ccccn2)cc1Nc1ncccc1CS(C)(=O)=O. The fraction of sp³-hybridized carbons (Fsp3) is 0.167. The van der Waals surface area contributed by atoms with Crippen LogP contribution in [0.4, 0.5) is 23.1 Å². The van der Waals surface area contributed by atoms with Gasteiger partial charge in [-0.3, -0.25) is 4.79 Å². The van der Waals surface area contributed by atoms with Crippen molar-refractivity contribution in [3.63, 3.8) is 0 Å². The molecule has 162 valence electrons. The maximum Gasteiger partial charge on any atom is 0.272 e. The summed E-state index contributed by atoms with van der Waals surface area (Å²) in [5.74, 6) is 0.566. The summed E-state index contributed by atoms with van der Waals surface area (Å²) in [6, 6.07) is 10.3. The van der Waals surface area contributed by atoms with Crippen LogP contribution in [-0.2, 0) is 15.6 Å². The van der Waals surface area contributed by atoms with E-state index in [1.165, 1.54) is 6.20 Å². The molecule has 1 amide bonds. The van der Waals surface area contributed by atoms with E-state index in [2.05, 4.69) is 36.1 Å². The van der Waals surface area contributed by atoms with Gasteiger partial charge in [0.25, 0.3) is 5.91 Å². The minimum atomic E-state index is -3.30. The molecule has 3 rings (SSSR count). The normalized spacial score (nSPS) is 11.5. The van der Waals surface area contributed by atoms with Crippen molar-refractivity contribution in [2.45, 2.75) is 11.0 Å². The van der Waals surface area contributed by atoms with Gasteiger partial charge < -0.3 is 16.0 Å². The summed E-state index contributed by atoms with van der Waals surface area (Å²) in [6.07, 6.45) is 4.31. The molecule has 0 atom stereocenters. The molecule has 0 aliphatic heterocycles. The number of sulfone groups is 1. The molecule has 0 saturated carbocycles. The molecular weight excluding hydrogens is 427 g/mol. The van der Waals surface area contributed by atoms with Gasteiger partial charge in [0.15, 0.2) is 21.3 Å². The highest BCUT2D eigenvalue weighted by molar-refractivity contribution is 7.89. The number of nitrogens with one attached hydrogen (secondary N) is 3. The number of amides is 1. The Morgan fingerprint density at radius 3 is 2.41 bits per heavy atom. The van der Waals surface area contributed by atoms with Crippen LogP contribution in [0.15, 0.2) is 48.8 Å². The average molecular weight is 449 g/mol. The fourth-order valence-electron chi connectivity index (χ4n) is 2.76. The van der Waals surface area contributed by atoms with Crippen LogP contribution in [0.1, 0.15) is 16.1 Å². The van der Waals surface area contributed by atoms with Gasteiger partial charge in [-0.1, -0.05) is 12.1 Å². The lowest BCUT2D eigenvalue weighted by atomic mass is 9.49. The molecule has 0 aromatic carbocycles. The first-order chi connectivity index (χ1) is 15.0. The van der Waals surface area contributed by atoms with Crippen molar-refractivity contribution in [3.8, 4) is 0 Å². The molecule has 0 unspecified atom stereocenters. The van der Waals surface area contributed by atoms with Gasteiger partial charge in [-0.2, -0.15) is 0 Å². The van der Waals surface area contributed by atoms with Crippen LogP contribution in [0.25, 0.3) is 0 Å². The van der Waals surface area contributed by atoms with Gasteiger partial charge in [0.05, 0.1) is 11.4 Å². The molecule has 32 heavy (non-hydrogen) atoms. The Bertz CT molecular complexity index is 1220. The summed E-state index contributed by atoms with van der Waals surface area (Å²) in [4.78, 5) is 21.3. The van der Waals surface area contributed by atoms with E-state index in [-0.39, 0.29) is 11.4 Å². The molecule has 3 aromatic heterocycles. The summed E-state index contributed by atoms with van der Waals surface area (Å²) in [5.41, 5.74) is 0.823. The Balaban J connectivity index is 2.01. The van der Waals surface area contributed by atoms with Gasteiger partial charge in [-0.15, -0.1) is 10.2 Å². The minimum Gasteiger partial charge on any atom is -0.368 e. The summed E-state index contributed by atoms with van der Waals surface area (Å²) < 4.78 is 23.7. The highest BCUT2D eigenvalue weighted by atomic mass is 32.2. The standard InChI is InChI=1S/C18H22B3N7O3S/c1-32(30,31)10-11-5-4-8-23-16(11)24-12-9-14(25-13-6-2-3-7-22-13)27-28-15(12)17(29)26-18(19,20)21/h2-9H,10,19-21H2,1H3,(H,26,29)(H2,22,23,24,25,27). The molecule has 0 spiro atoms. The van der Waals surface area contributed by atoms with Crippen LogP contribution in [0.5, 0.6) is 0 Å². The van der Waals surface area contributed by atoms with Crippen molar-refractivity contribution >= 4 is 62.4 Å². The average Bonchev–Trinajstić information content (AvgIpc) is 2.68. The molecule has 3 heterocycles. The first-order valence-electron chi connectivity index (χ1n) is 9.77. The number of rotatable bonds is 8. The van der Waals surface area contributed by atoms with Crippen LogP contribution >= 0.6 is 0 Å². The molecule has 0 aliphatic carbocycles. The number of pyridine rings is 2. The highest BCUT2D eigenvalue weighted by Gasteiger charge is 2.22. The Hall–Kier alpha value is -3.41. The van der Waals surface area contributed by atoms with Crippen LogP contribution in [-0.4, -0.2) is 69.5 Å². The van der Waals surface area contributed by atoms with Crippen LogP contribution in [0.3, 0.4) is 0 Å². The van der Waals surface area contributed by atoms with Gasteiger partial charge in [-0.05, 0) is 23.4 Å². The van der Waals surface area contributed by atoms with E-state index in [1.54, 1.807) is 36.5 Å². The van der Waals surface area contributed by atoms with Gasteiger partial charge in [-0.25, -0.2) is 18.4 Å². The molecule has 0 saturated heterocycles. The third-order valence-electron chi connectivity index (χ3n) is 3.98. The van der Waals surface area contributed by atoms with Crippen molar-refractivity contribution < 1.29 is 13.2 Å². The Kier molecular flexibility index (Phi) is 6.82. The van der Waals surface area contributed by atoms with E-state index in [0.29, 0.717) is 28.7 Å². The lowest BCUT2D eigenvalue weighted by molar-refractivity contribution is 0.0947. The number of aromatic nitrogens is 4.